The largest absolute Gasteiger partial charge is 0.392 e. The summed E-state index contributed by atoms with van der Waals surface area (Å²) < 4.78 is 5.15. The first-order chi connectivity index (χ1) is 9.63. The molecule has 0 radical (unpaired) electrons. The van der Waals surface area contributed by atoms with Crippen LogP contribution in [0.15, 0.2) is 28.8 Å². The summed E-state index contributed by atoms with van der Waals surface area (Å²) in [6.07, 6.45) is 0.0875. The van der Waals surface area contributed by atoms with Gasteiger partial charge in [-0.2, -0.15) is 4.98 Å². The van der Waals surface area contributed by atoms with Gasteiger partial charge in [0.1, 0.15) is 0 Å². The van der Waals surface area contributed by atoms with Crippen LogP contribution in [0.2, 0.25) is 0 Å². The second-order valence-corrected chi connectivity index (χ2v) is 4.61. The Morgan fingerprint density at radius 3 is 3.05 bits per heavy atom. The molecule has 1 aliphatic rings. The van der Waals surface area contributed by atoms with Crippen molar-refractivity contribution in [3.05, 3.63) is 40.3 Å². The molecule has 2 aromatic rings. The van der Waals surface area contributed by atoms with E-state index in [0.29, 0.717) is 30.2 Å². The summed E-state index contributed by atoms with van der Waals surface area (Å²) >= 11 is 0. The molecule has 2 atom stereocenters. The maximum absolute atomic E-state index is 10.7. The summed E-state index contributed by atoms with van der Waals surface area (Å²) in [6, 6.07) is 5.87. The Kier molecular flexibility index (Phi) is 3.17. The van der Waals surface area contributed by atoms with Gasteiger partial charge in [-0.3, -0.25) is 10.1 Å². The molecule has 0 aliphatic carbocycles. The van der Waals surface area contributed by atoms with Crippen LogP contribution in [0.4, 0.5) is 5.69 Å². The summed E-state index contributed by atoms with van der Waals surface area (Å²) in [4.78, 5) is 14.5. The molecule has 2 N–H and O–H groups in total. The molecule has 0 saturated carbocycles. The standard InChI is InChI=1S/C12H12N4O4/c17-9-5-10(13-6-9)12-14-11(15-20-12)7-2-1-3-8(4-7)16(18)19/h1-4,9-10,13,17H,5-6H2/t9-,10+/m0/s1. The average Bonchev–Trinajstić information content (AvgIpc) is 3.07. The number of β-amino-alcohol motifs (C(OH)–C–C–N with tert-alkyl or cyclic N) is 1. The van der Waals surface area contributed by atoms with Gasteiger partial charge in [-0.05, 0) is 6.42 Å². The lowest BCUT2D eigenvalue weighted by molar-refractivity contribution is -0.384. The molecular formula is C12H12N4O4. The predicted molar refractivity (Wildman–Crippen MR) is 67.8 cm³/mol. The minimum absolute atomic E-state index is 0.0248. The first kappa shape index (κ1) is 12.7. The van der Waals surface area contributed by atoms with E-state index in [1.807, 2.05) is 0 Å². The third kappa shape index (κ3) is 2.38. The first-order valence-electron chi connectivity index (χ1n) is 6.13. The van der Waals surface area contributed by atoms with E-state index in [2.05, 4.69) is 15.5 Å². The van der Waals surface area contributed by atoms with Crippen LogP contribution >= 0.6 is 0 Å². The fourth-order valence-electron chi connectivity index (χ4n) is 2.16. The molecule has 0 spiro atoms. The number of hydrogen-bond acceptors (Lipinski definition) is 7. The van der Waals surface area contributed by atoms with E-state index >= 15 is 0 Å². The SMILES string of the molecule is O=[N+]([O-])c1cccc(-c2noc([C@H]3C[C@H](O)CN3)n2)c1. The maximum Gasteiger partial charge on any atom is 0.270 e. The molecule has 1 aromatic heterocycles. The zero-order chi connectivity index (χ0) is 14.1. The Bertz CT molecular complexity index is 642. The highest BCUT2D eigenvalue weighted by molar-refractivity contribution is 5.58. The molecule has 8 heteroatoms. The molecule has 1 saturated heterocycles. The van der Waals surface area contributed by atoms with Crippen LogP contribution in [0.25, 0.3) is 11.4 Å². The van der Waals surface area contributed by atoms with Gasteiger partial charge in [0.25, 0.3) is 5.69 Å². The average molecular weight is 276 g/mol. The lowest BCUT2D eigenvalue weighted by Crippen LogP contribution is -2.15. The van der Waals surface area contributed by atoms with Gasteiger partial charge < -0.3 is 14.9 Å². The van der Waals surface area contributed by atoms with Crippen LogP contribution in [0.5, 0.6) is 0 Å². The summed E-state index contributed by atoms with van der Waals surface area (Å²) in [5.41, 5.74) is 0.496. The fraction of sp³-hybridized carbons (Fsp3) is 0.333. The predicted octanol–water partition coefficient (Wildman–Crippen LogP) is 1.04. The van der Waals surface area contributed by atoms with E-state index in [4.69, 9.17) is 4.52 Å². The molecule has 3 rings (SSSR count). The van der Waals surface area contributed by atoms with Gasteiger partial charge in [-0.1, -0.05) is 17.3 Å². The van der Waals surface area contributed by atoms with Gasteiger partial charge in [0.05, 0.1) is 17.1 Å². The van der Waals surface area contributed by atoms with E-state index in [1.165, 1.54) is 12.1 Å². The topological polar surface area (TPSA) is 114 Å². The molecule has 8 nitrogen and oxygen atoms in total. The minimum Gasteiger partial charge on any atom is -0.392 e. The zero-order valence-electron chi connectivity index (χ0n) is 10.4. The number of hydrogen-bond donors (Lipinski definition) is 2. The number of aliphatic hydroxyl groups is 1. The van der Waals surface area contributed by atoms with Gasteiger partial charge >= 0.3 is 0 Å². The molecule has 1 fully saturated rings. The number of non-ortho nitro benzene ring substituents is 1. The van der Waals surface area contributed by atoms with Crippen molar-refractivity contribution < 1.29 is 14.6 Å². The third-order valence-electron chi connectivity index (χ3n) is 3.16. The summed E-state index contributed by atoms with van der Waals surface area (Å²) in [5.74, 6) is 0.676. The molecular weight excluding hydrogens is 264 g/mol. The number of rotatable bonds is 3. The monoisotopic (exact) mass is 276 g/mol. The smallest absolute Gasteiger partial charge is 0.270 e. The van der Waals surface area contributed by atoms with Crippen molar-refractivity contribution >= 4 is 5.69 Å². The second-order valence-electron chi connectivity index (χ2n) is 4.61. The Hall–Kier alpha value is -2.32. The van der Waals surface area contributed by atoms with Crippen molar-refractivity contribution in [2.24, 2.45) is 0 Å². The van der Waals surface area contributed by atoms with Crippen molar-refractivity contribution in [2.45, 2.75) is 18.6 Å². The highest BCUT2D eigenvalue weighted by atomic mass is 16.6. The van der Waals surface area contributed by atoms with Crippen molar-refractivity contribution in [3.8, 4) is 11.4 Å². The van der Waals surface area contributed by atoms with Gasteiger partial charge in [-0.15, -0.1) is 0 Å². The Morgan fingerprint density at radius 1 is 1.50 bits per heavy atom. The van der Waals surface area contributed by atoms with Crippen LogP contribution in [0, 0.1) is 10.1 Å². The van der Waals surface area contributed by atoms with Crippen LogP contribution < -0.4 is 5.32 Å². The summed E-state index contributed by atoms with van der Waals surface area (Å²) in [7, 11) is 0. The first-order valence-corrected chi connectivity index (χ1v) is 6.13. The van der Waals surface area contributed by atoms with E-state index in [0.717, 1.165) is 0 Å². The number of nitrogens with zero attached hydrogens (tertiary/aromatic N) is 3. The van der Waals surface area contributed by atoms with Crippen LogP contribution in [0.1, 0.15) is 18.4 Å². The number of aromatic nitrogens is 2. The normalized spacial score (nSPS) is 22.1. The zero-order valence-corrected chi connectivity index (χ0v) is 10.4. The number of nitro benzene ring substituents is 1. The summed E-state index contributed by atoms with van der Waals surface area (Å²) in [6.45, 7) is 0.485. The highest BCUT2D eigenvalue weighted by Crippen LogP contribution is 2.26. The van der Waals surface area contributed by atoms with E-state index in [1.54, 1.807) is 12.1 Å². The third-order valence-corrected chi connectivity index (χ3v) is 3.16. The van der Waals surface area contributed by atoms with Crippen molar-refractivity contribution in [1.29, 1.82) is 0 Å². The summed E-state index contributed by atoms with van der Waals surface area (Å²) in [5, 5.41) is 27.1. The molecule has 0 bridgehead atoms. The Labute approximate surface area is 113 Å². The molecule has 0 amide bonds. The Morgan fingerprint density at radius 2 is 2.35 bits per heavy atom. The lowest BCUT2D eigenvalue weighted by Gasteiger charge is -2.01. The van der Waals surface area contributed by atoms with Crippen molar-refractivity contribution in [3.63, 3.8) is 0 Å². The van der Waals surface area contributed by atoms with Crippen molar-refractivity contribution in [1.82, 2.24) is 15.5 Å². The number of nitrogens with one attached hydrogen (secondary N) is 1. The molecule has 20 heavy (non-hydrogen) atoms. The molecule has 2 heterocycles. The van der Waals surface area contributed by atoms with E-state index < -0.39 is 11.0 Å². The Balaban J connectivity index is 1.86. The maximum atomic E-state index is 10.7. The molecule has 1 aliphatic heterocycles. The van der Waals surface area contributed by atoms with Gasteiger partial charge in [-0.25, -0.2) is 0 Å². The highest BCUT2D eigenvalue weighted by Gasteiger charge is 2.28. The molecule has 1 aromatic carbocycles. The molecule has 0 unspecified atom stereocenters. The van der Waals surface area contributed by atoms with Gasteiger partial charge in [0, 0.05) is 24.2 Å². The quantitative estimate of drug-likeness (QED) is 0.635. The second kappa shape index (κ2) is 4.99. The van der Waals surface area contributed by atoms with Crippen LogP contribution in [0.3, 0.4) is 0 Å². The fourth-order valence-corrected chi connectivity index (χ4v) is 2.16. The number of benzene rings is 1. The van der Waals surface area contributed by atoms with Crippen LogP contribution in [-0.2, 0) is 0 Å². The number of aliphatic hydroxyl groups excluding tert-OH is 1. The van der Waals surface area contributed by atoms with Gasteiger partial charge in [0.2, 0.25) is 11.7 Å². The van der Waals surface area contributed by atoms with Crippen molar-refractivity contribution in [2.75, 3.05) is 6.54 Å². The van der Waals surface area contributed by atoms with Gasteiger partial charge in [0.15, 0.2) is 0 Å². The molecule has 104 valence electrons. The lowest BCUT2D eigenvalue weighted by atomic mass is 10.2. The van der Waals surface area contributed by atoms with E-state index in [-0.39, 0.29) is 11.7 Å². The minimum atomic E-state index is -0.473. The van der Waals surface area contributed by atoms with E-state index in [9.17, 15) is 15.2 Å². The van der Waals surface area contributed by atoms with Crippen LogP contribution in [-0.4, -0.2) is 32.8 Å². The number of nitro groups is 1.